The molecule has 2 aromatic carbocycles. The first-order valence-corrected chi connectivity index (χ1v) is 10.3. The summed E-state index contributed by atoms with van der Waals surface area (Å²) in [4.78, 5) is 41.1. The number of rotatable bonds is 5. The van der Waals surface area contributed by atoms with Crippen molar-refractivity contribution in [2.24, 2.45) is 4.99 Å². The molecule has 1 heterocycles. The van der Waals surface area contributed by atoms with E-state index in [2.05, 4.69) is 4.99 Å². The van der Waals surface area contributed by atoms with Crippen molar-refractivity contribution in [1.29, 1.82) is 0 Å². The van der Waals surface area contributed by atoms with Gasteiger partial charge in [0.2, 0.25) is 0 Å². The molecule has 0 atom stereocenters. The number of fused-ring (bicyclic) bond motifs is 1. The molecular formula is C20H16Cl2N2O5S. The fourth-order valence-electron chi connectivity index (χ4n) is 2.65. The van der Waals surface area contributed by atoms with Gasteiger partial charge in [-0.15, -0.1) is 0 Å². The van der Waals surface area contributed by atoms with Crippen LogP contribution >= 0.6 is 34.5 Å². The van der Waals surface area contributed by atoms with Crippen molar-refractivity contribution in [2.75, 3.05) is 13.7 Å². The number of ether oxygens (including phenoxy) is 2. The van der Waals surface area contributed by atoms with Gasteiger partial charge in [0, 0.05) is 5.02 Å². The van der Waals surface area contributed by atoms with Crippen LogP contribution in [0.25, 0.3) is 10.2 Å². The van der Waals surface area contributed by atoms with Crippen LogP contribution in [0.15, 0.2) is 41.4 Å². The Morgan fingerprint density at radius 1 is 1.13 bits per heavy atom. The Morgan fingerprint density at radius 2 is 1.90 bits per heavy atom. The van der Waals surface area contributed by atoms with E-state index < -0.39 is 17.8 Å². The molecule has 156 valence electrons. The van der Waals surface area contributed by atoms with Gasteiger partial charge in [0.1, 0.15) is 6.54 Å². The zero-order chi connectivity index (χ0) is 21.8. The zero-order valence-electron chi connectivity index (χ0n) is 16.0. The Bertz CT molecular complexity index is 1220. The van der Waals surface area contributed by atoms with Crippen LogP contribution in [-0.2, 0) is 20.8 Å². The number of benzene rings is 2. The maximum atomic E-state index is 12.7. The fraction of sp³-hybridized carbons (Fsp3) is 0.200. The van der Waals surface area contributed by atoms with Crippen molar-refractivity contribution in [3.05, 3.63) is 62.4 Å². The van der Waals surface area contributed by atoms with Crippen molar-refractivity contribution in [1.82, 2.24) is 4.57 Å². The van der Waals surface area contributed by atoms with E-state index in [1.807, 2.05) is 0 Å². The monoisotopic (exact) mass is 466 g/mol. The summed E-state index contributed by atoms with van der Waals surface area (Å²) >= 11 is 13.2. The predicted molar refractivity (Wildman–Crippen MR) is 114 cm³/mol. The van der Waals surface area contributed by atoms with E-state index in [-0.39, 0.29) is 28.5 Å². The molecule has 0 aliphatic carbocycles. The van der Waals surface area contributed by atoms with E-state index in [0.717, 1.165) is 11.3 Å². The van der Waals surface area contributed by atoms with Gasteiger partial charge in [-0.2, -0.15) is 4.99 Å². The summed E-state index contributed by atoms with van der Waals surface area (Å²) in [6, 6.07) is 9.37. The highest BCUT2D eigenvalue weighted by molar-refractivity contribution is 7.16. The summed E-state index contributed by atoms with van der Waals surface area (Å²) in [5.74, 6) is -1.59. The molecule has 0 spiro atoms. The van der Waals surface area contributed by atoms with Crippen LogP contribution in [0.2, 0.25) is 10.0 Å². The number of carbonyl (C=O) groups excluding carboxylic acids is 3. The largest absolute Gasteiger partial charge is 0.468 e. The van der Waals surface area contributed by atoms with Crippen molar-refractivity contribution in [3.8, 4) is 0 Å². The van der Waals surface area contributed by atoms with Gasteiger partial charge in [0.25, 0.3) is 5.91 Å². The van der Waals surface area contributed by atoms with Crippen molar-refractivity contribution < 1.29 is 23.9 Å². The molecule has 0 saturated heterocycles. The molecular weight excluding hydrogens is 451 g/mol. The third kappa shape index (κ3) is 4.72. The van der Waals surface area contributed by atoms with E-state index in [9.17, 15) is 14.4 Å². The van der Waals surface area contributed by atoms with Gasteiger partial charge in [-0.3, -0.25) is 9.59 Å². The molecule has 0 radical (unpaired) electrons. The van der Waals surface area contributed by atoms with Gasteiger partial charge in [-0.25, -0.2) is 4.79 Å². The molecule has 0 aliphatic heterocycles. The van der Waals surface area contributed by atoms with E-state index in [0.29, 0.717) is 20.8 Å². The van der Waals surface area contributed by atoms with Crippen LogP contribution in [0.5, 0.6) is 0 Å². The van der Waals surface area contributed by atoms with Gasteiger partial charge in [0.05, 0.1) is 40.1 Å². The molecule has 3 rings (SSSR count). The van der Waals surface area contributed by atoms with Crippen LogP contribution in [0, 0.1) is 0 Å². The molecule has 30 heavy (non-hydrogen) atoms. The normalized spacial score (nSPS) is 11.5. The van der Waals surface area contributed by atoms with Crippen LogP contribution in [0.3, 0.4) is 0 Å². The topological polar surface area (TPSA) is 87.0 Å². The van der Waals surface area contributed by atoms with E-state index in [1.54, 1.807) is 31.2 Å². The quantitative estimate of drug-likeness (QED) is 0.528. The van der Waals surface area contributed by atoms with Gasteiger partial charge in [-0.05, 0) is 43.3 Å². The standard InChI is InChI=1S/C20H16Cl2N2O5S/c1-3-29-19(27)11-4-7-15-16(8-11)30-20(24(15)10-17(25)28-2)23-18(26)13-9-12(21)5-6-14(13)22/h4-9H,3,10H2,1-2H3. The van der Waals surface area contributed by atoms with E-state index >= 15 is 0 Å². The van der Waals surface area contributed by atoms with Gasteiger partial charge in [-0.1, -0.05) is 34.5 Å². The summed E-state index contributed by atoms with van der Waals surface area (Å²) < 4.78 is 12.0. The first-order valence-electron chi connectivity index (χ1n) is 8.75. The molecule has 1 aromatic heterocycles. The third-order valence-electron chi connectivity index (χ3n) is 4.06. The summed E-state index contributed by atoms with van der Waals surface area (Å²) in [6.45, 7) is 1.80. The number of esters is 2. The fourth-order valence-corrected chi connectivity index (χ4v) is 4.09. The zero-order valence-corrected chi connectivity index (χ0v) is 18.3. The first kappa shape index (κ1) is 22.0. The Hall–Kier alpha value is -2.68. The SMILES string of the molecule is CCOC(=O)c1ccc2c(c1)sc(=NC(=O)c1cc(Cl)ccc1Cl)n2CC(=O)OC. The minimum Gasteiger partial charge on any atom is -0.468 e. The molecule has 0 saturated carbocycles. The van der Waals surface area contributed by atoms with E-state index in [4.69, 9.17) is 32.7 Å². The lowest BCUT2D eigenvalue weighted by Crippen LogP contribution is -2.22. The highest BCUT2D eigenvalue weighted by atomic mass is 35.5. The van der Waals surface area contributed by atoms with Crippen molar-refractivity contribution in [3.63, 3.8) is 0 Å². The molecule has 0 bridgehead atoms. The lowest BCUT2D eigenvalue weighted by molar-refractivity contribution is -0.141. The molecule has 0 N–H and O–H groups in total. The Kier molecular flexibility index (Phi) is 6.91. The first-order chi connectivity index (χ1) is 14.3. The average Bonchev–Trinajstić information content (AvgIpc) is 3.05. The minimum absolute atomic E-state index is 0.137. The molecule has 10 heteroatoms. The summed E-state index contributed by atoms with van der Waals surface area (Å²) in [5.41, 5.74) is 1.10. The van der Waals surface area contributed by atoms with Gasteiger partial charge in [0.15, 0.2) is 4.80 Å². The summed E-state index contributed by atoms with van der Waals surface area (Å²) in [6.07, 6.45) is 0. The second-order valence-corrected chi connectivity index (χ2v) is 7.84. The van der Waals surface area contributed by atoms with Crippen LogP contribution in [0.1, 0.15) is 27.6 Å². The Balaban J connectivity index is 2.15. The number of amides is 1. The molecule has 1 amide bonds. The van der Waals surface area contributed by atoms with Crippen LogP contribution < -0.4 is 4.80 Å². The number of thiazole rings is 1. The minimum atomic E-state index is -0.613. The number of carbonyl (C=O) groups is 3. The number of halogens is 2. The predicted octanol–water partition coefficient (Wildman–Crippen LogP) is 4.10. The maximum Gasteiger partial charge on any atom is 0.338 e. The van der Waals surface area contributed by atoms with E-state index in [1.165, 1.54) is 23.8 Å². The number of methoxy groups -OCH3 is 1. The number of hydrogen-bond donors (Lipinski definition) is 0. The van der Waals surface area contributed by atoms with Crippen molar-refractivity contribution >= 4 is 62.6 Å². The molecule has 0 fully saturated rings. The van der Waals surface area contributed by atoms with Crippen LogP contribution in [-0.4, -0.2) is 36.1 Å². The average molecular weight is 467 g/mol. The maximum absolute atomic E-state index is 12.7. The molecule has 0 unspecified atom stereocenters. The lowest BCUT2D eigenvalue weighted by atomic mass is 10.2. The number of hydrogen-bond acceptors (Lipinski definition) is 6. The Labute approximate surface area is 185 Å². The lowest BCUT2D eigenvalue weighted by Gasteiger charge is -2.05. The highest BCUT2D eigenvalue weighted by Crippen LogP contribution is 2.23. The second-order valence-electron chi connectivity index (χ2n) is 5.99. The summed E-state index contributed by atoms with van der Waals surface area (Å²) in [5, 5.41) is 0.550. The Morgan fingerprint density at radius 3 is 2.60 bits per heavy atom. The highest BCUT2D eigenvalue weighted by Gasteiger charge is 2.16. The van der Waals surface area contributed by atoms with Gasteiger partial charge >= 0.3 is 11.9 Å². The van der Waals surface area contributed by atoms with Gasteiger partial charge < -0.3 is 14.0 Å². The molecule has 3 aromatic rings. The number of aromatic nitrogens is 1. The van der Waals surface area contributed by atoms with Crippen LogP contribution in [0.4, 0.5) is 0 Å². The summed E-state index contributed by atoms with van der Waals surface area (Å²) in [7, 11) is 1.27. The smallest absolute Gasteiger partial charge is 0.338 e. The number of nitrogens with zero attached hydrogens (tertiary/aromatic N) is 2. The third-order valence-corrected chi connectivity index (χ3v) is 5.67. The second kappa shape index (κ2) is 9.42. The molecule has 7 nitrogen and oxygen atoms in total. The van der Waals surface area contributed by atoms with Crippen molar-refractivity contribution in [2.45, 2.75) is 13.5 Å². The molecule has 0 aliphatic rings.